The Morgan fingerprint density at radius 3 is 2.72 bits per heavy atom. The predicted molar refractivity (Wildman–Crippen MR) is 114 cm³/mol. The van der Waals surface area contributed by atoms with E-state index in [2.05, 4.69) is 22.1 Å². The molecule has 1 saturated heterocycles. The summed E-state index contributed by atoms with van der Waals surface area (Å²) in [4.78, 5) is 30.1. The smallest absolute Gasteiger partial charge is 0.265 e. The molecule has 29 heavy (non-hydrogen) atoms. The second-order valence-corrected chi connectivity index (χ2v) is 9.39. The number of aromatic nitrogens is 3. The second kappa shape index (κ2) is 7.02. The Labute approximate surface area is 174 Å². The molecular weight excluding hydrogens is 380 g/mol. The molecule has 6 heteroatoms. The molecule has 2 aliphatic rings. The van der Waals surface area contributed by atoms with E-state index in [9.17, 15) is 4.79 Å². The number of fused-ring (bicyclic) bond motifs is 2. The largest absolute Gasteiger partial charge is 0.337 e. The number of amides is 1. The van der Waals surface area contributed by atoms with E-state index < -0.39 is 0 Å². The highest BCUT2D eigenvalue weighted by molar-refractivity contribution is 7.13. The number of rotatable bonds is 2. The van der Waals surface area contributed by atoms with Gasteiger partial charge in [0.25, 0.3) is 5.91 Å². The molecule has 1 unspecified atom stereocenters. The average Bonchev–Trinajstić information content (AvgIpc) is 3.27. The Hall–Kier alpha value is -2.60. The van der Waals surface area contributed by atoms with Gasteiger partial charge in [0.15, 0.2) is 5.82 Å². The summed E-state index contributed by atoms with van der Waals surface area (Å²) in [6.07, 6.45) is 6.12. The van der Waals surface area contributed by atoms with E-state index in [0.29, 0.717) is 0 Å². The van der Waals surface area contributed by atoms with Gasteiger partial charge in [-0.15, -0.1) is 11.3 Å². The molecule has 0 radical (unpaired) electrons. The summed E-state index contributed by atoms with van der Waals surface area (Å²) in [5.41, 5.74) is 4.22. The molecule has 0 N–H and O–H groups in total. The third kappa shape index (κ3) is 3.15. The molecule has 5 nitrogen and oxygen atoms in total. The number of nitrogens with zero attached hydrogens (tertiary/aromatic N) is 4. The summed E-state index contributed by atoms with van der Waals surface area (Å²) < 4.78 is 0. The lowest BCUT2D eigenvalue weighted by Gasteiger charge is -2.40. The molecule has 0 saturated carbocycles. The van der Waals surface area contributed by atoms with Crippen LogP contribution in [0.2, 0.25) is 0 Å². The number of benzene rings is 1. The van der Waals surface area contributed by atoms with E-state index in [1.165, 1.54) is 16.9 Å². The number of aryl methyl sites for hydroxylation is 3. The van der Waals surface area contributed by atoms with Gasteiger partial charge in [0.1, 0.15) is 4.88 Å². The number of hydrogen-bond acceptors (Lipinski definition) is 5. The lowest BCUT2D eigenvalue weighted by Crippen LogP contribution is -2.48. The normalized spacial score (nSPS) is 20.8. The summed E-state index contributed by atoms with van der Waals surface area (Å²) in [7, 11) is 0. The van der Waals surface area contributed by atoms with Gasteiger partial charge in [0.05, 0.1) is 16.4 Å². The van der Waals surface area contributed by atoms with Crippen molar-refractivity contribution in [2.45, 2.75) is 44.9 Å². The lowest BCUT2D eigenvalue weighted by molar-refractivity contribution is 0.0637. The van der Waals surface area contributed by atoms with Gasteiger partial charge in [-0.1, -0.05) is 30.3 Å². The molecule has 1 aliphatic heterocycles. The Bertz CT molecular complexity index is 1070. The van der Waals surface area contributed by atoms with Crippen molar-refractivity contribution in [3.8, 4) is 11.4 Å². The van der Waals surface area contributed by atoms with Gasteiger partial charge >= 0.3 is 0 Å². The van der Waals surface area contributed by atoms with Crippen molar-refractivity contribution in [2.24, 2.45) is 0 Å². The third-order valence-corrected chi connectivity index (χ3v) is 7.29. The van der Waals surface area contributed by atoms with E-state index in [-0.39, 0.29) is 11.3 Å². The first-order valence-corrected chi connectivity index (χ1v) is 11.0. The number of piperidine rings is 1. The van der Waals surface area contributed by atoms with Crippen molar-refractivity contribution >= 4 is 17.2 Å². The van der Waals surface area contributed by atoms with Crippen molar-refractivity contribution in [1.82, 2.24) is 19.9 Å². The zero-order chi connectivity index (χ0) is 20.0. The van der Waals surface area contributed by atoms with Crippen molar-refractivity contribution < 1.29 is 4.79 Å². The second-order valence-electron chi connectivity index (χ2n) is 8.19. The van der Waals surface area contributed by atoms with Crippen molar-refractivity contribution in [2.75, 3.05) is 13.1 Å². The SMILES string of the molecule is Cc1nc(C)c(C(=O)N2CCCC3(CCc4cnc(-c5ccccc5)nc43)C2)s1. The van der Waals surface area contributed by atoms with Crippen LogP contribution in [0.15, 0.2) is 36.5 Å². The predicted octanol–water partition coefficient (Wildman–Crippen LogP) is 4.34. The van der Waals surface area contributed by atoms with Crippen LogP contribution in [0, 0.1) is 13.8 Å². The quantitative estimate of drug-likeness (QED) is 0.638. The van der Waals surface area contributed by atoms with E-state index in [1.54, 1.807) is 0 Å². The highest BCUT2D eigenvalue weighted by atomic mass is 32.1. The fraction of sp³-hybridized carbons (Fsp3) is 0.391. The van der Waals surface area contributed by atoms with Crippen LogP contribution in [0.1, 0.15) is 50.9 Å². The van der Waals surface area contributed by atoms with Crippen LogP contribution in [0.25, 0.3) is 11.4 Å². The summed E-state index contributed by atoms with van der Waals surface area (Å²) in [5.74, 6) is 0.904. The van der Waals surface area contributed by atoms with Gasteiger partial charge in [0.2, 0.25) is 0 Å². The number of carbonyl (C=O) groups excluding carboxylic acids is 1. The van der Waals surface area contributed by atoms with E-state index in [1.807, 2.05) is 43.1 Å². The van der Waals surface area contributed by atoms with Gasteiger partial charge in [0, 0.05) is 30.3 Å². The Kier molecular flexibility index (Phi) is 4.46. The third-order valence-electron chi connectivity index (χ3n) is 6.23. The topological polar surface area (TPSA) is 59.0 Å². The van der Waals surface area contributed by atoms with Crippen LogP contribution in [0.3, 0.4) is 0 Å². The molecule has 148 valence electrons. The molecule has 2 aromatic heterocycles. The molecule has 5 rings (SSSR count). The minimum absolute atomic E-state index is 0.0522. The maximum Gasteiger partial charge on any atom is 0.265 e. The number of hydrogen-bond donors (Lipinski definition) is 0. The van der Waals surface area contributed by atoms with Crippen molar-refractivity contribution in [1.29, 1.82) is 0 Å². The summed E-state index contributed by atoms with van der Waals surface area (Å²) in [6, 6.07) is 10.1. The molecule has 3 heterocycles. The molecule has 1 aromatic carbocycles. The Balaban J connectivity index is 1.48. The highest BCUT2D eigenvalue weighted by Crippen LogP contribution is 2.44. The van der Waals surface area contributed by atoms with Gasteiger partial charge in [-0.3, -0.25) is 4.79 Å². The number of likely N-dealkylation sites (tertiary alicyclic amines) is 1. The number of thiazole rings is 1. The van der Waals surface area contributed by atoms with Crippen LogP contribution in [-0.4, -0.2) is 38.8 Å². The maximum atomic E-state index is 13.2. The monoisotopic (exact) mass is 404 g/mol. The molecule has 1 spiro atoms. The molecule has 0 bridgehead atoms. The number of carbonyl (C=O) groups is 1. The fourth-order valence-electron chi connectivity index (χ4n) is 4.84. The first-order valence-electron chi connectivity index (χ1n) is 10.2. The summed E-state index contributed by atoms with van der Waals surface area (Å²) in [5, 5.41) is 0.948. The Morgan fingerprint density at radius 2 is 1.97 bits per heavy atom. The van der Waals surface area contributed by atoms with Gasteiger partial charge in [-0.05, 0) is 45.1 Å². The zero-order valence-electron chi connectivity index (χ0n) is 16.8. The van der Waals surface area contributed by atoms with Crippen LogP contribution in [-0.2, 0) is 11.8 Å². The fourth-order valence-corrected chi connectivity index (χ4v) is 5.73. The van der Waals surface area contributed by atoms with Crippen LogP contribution < -0.4 is 0 Å². The summed E-state index contributed by atoms with van der Waals surface area (Å²) in [6.45, 7) is 5.44. The van der Waals surface area contributed by atoms with Crippen LogP contribution in [0.4, 0.5) is 0 Å². The van der Waals surface area contributed by atoms with E-state index in [4.69, 9.17) is 4.98 Å². The highest BCUT2D eigenvalue weighted by Gasteiger charge is 2.45. The Morgan fingerprint density at radius 1 is 1.14 bits per heavy atom. The lowest BCUT2D eigenvalue weighted by atomic mass is 9.77. The van der Waals surface area contributed by atoms with Crippen molar-refractivity contribution in [3.63, 3.8) is 0 Å². The molecule has 1 atom stereocenters. The average molecular weight is 405 g/mol. The van der Waals surface area contributed by atoms with Gasteiger partial charge in [-0.2, -0.15) is 0 Å². The van der Waals surface area contributed by atoms with Crippen LogP contribution >= 0.6 is 11.3 Å². The van der Waals surface area contributed by atoms with Crippen LogP contribution in [0.5, 0.6) is 0 Å². The molecular formula is C23H24N4OS. The molecule has 1 amide bonds. The maximum absolute atomic E-state index is 13.2. The molecule has 1 aliphatic carbocycles. The molecule has 1 fully saturated rings. The van der Waals surface area contributed by atoms with Gasteiger partial charge in [-0.25, -0.2) is 15.0 Å². The minimum Gasteiger partial charge on any atom is -0.337 e. The first-order chi connectivity index (χ1) is 14.1. The van der Waals surface area contributed by atoms with E-state index in [0.717, 1.165) is 71.4 Å². The molecule has 3 aromatic rings. The minimum atomic E-state index is -0.0522. The standard InChI is InChI=1S/C23H24N4OS/c1-15-19(29-16(2)25-15)22(28)27-12-6-10-23(14-27)11-9-18-13-24-21(26-20(18)23)17-7-4-3-5-8-17/h3-5,7-8,13H,6,9-12,14H2,1-2H3. The van der Waals surface area contributed by atoms with E-state index >= 15 is 0 Å². The van der Waals surface area contributed by atoms with Gasteiger partial charge < -0.3 is 4.90 Å². The zero-order valence-corrected chi connectivity index (χ0v) is 17.6. The van der Waals surface area contributed by atoms with Crippen molar-refractivity contribution in [3.05, 3.63) is 63.4 Å². The first kappa shape index (κ1) is 18.4. The summed E-state index contributed by atoms with van der Waals surface area (Å²) >= 11 is 1.50.